The summed E-state index contributed by atoms with van der Waals surface area (Å²) < 4.78 is 30.4. The summed E-state index contributed by atoms with van der Waals surface area (Å²) in [5.41, 5.74) is -0.307. The zero-order valence-electron chi connectivity index (χ0n) is 8.01. The van der Waals surface area contributed by atoms with Crippen molar-refractivity contribution in [2.24, 2.45) is 0 Å². The summed E-state index contributed by atoms with van der Waals surface area (Å²) in [7, 11) is 0. The van der Waals surface area contributed by atoms with Crippen molar-refractivity contribution in [3.63, 3.8) is 0 Å². The van der Waals surface area contributed by atoms with E-state index in [0.29, 0.717) is 5.56 Å². The summed E-state index contributed by atoms with van der Waals surface area (Å²) in [5.74, 6) is -1.84. The number of alkyl carbamates (subject to hydrolysis) is 1. The minimum absolute atomic E-state index is 0.108. The fourth-order valence-electron chi connectivity index (χ4n) is 1.50. The van der Waals surface area contributed by atoms with Gasteiger partial charge in [0.2, 0.25) is 0 Å². The highest BCUT2D eigenvalue weighted by Gasteiger charge is 2.36. The Kier molecular flexibility index (Phi) is 2.10. The number of cyclic esters (lactones) is 1. The molecular formula is C10H9F2NO2. The first-order valence-electron chi connectivity index (χ1n) is 4.42. The van der Waals surface area contributed by atoms with Gasteiger partial charge in [-0.25, -0.2) is 13.6 Å². The van der Waals surface area contributed by atoms with Gasteiger partial charge in [-0.05, 0) is 24.6 Å². The average Bonchev–Trinajstić information content (AvgIpc) is 2.52. The molecule has 1 fully saturated rings. The first-order valence-corrected chi connectivity index (χ1v) is 4.42. The van der Waals surface area contributed by atoms with E-state index in [0.717, 1.165) is 12.1 Å². The van der Waals surface area contributed by atoms with Gasteiger partial charge in [-0.3, -0.25) is 0 Å². The number of amides is 1. The minimum Gasteiger partial charge on any atom is -0.447 e. The molecule has 1 N–H and O–H groups in total. The zero-order chi connectivity index (χ0) is 11.1. The molecule has 0 bridgehead atoms. The average molecular weight is 213 g/mol. The topological polar surface area (TPSA) is 38.3 Å². The van der Waals surface area contributed by atoms with Gasteiger partial charge >= 0.3 is 6.09 Å². The van der Waals surface area contributed by atoms with Crippen LogP contribution in [-0.2, 0) is 10.3 Å². The fraction of sp³-hybridized carbons (Fsp3) is 0.300. The highest BCUT2D eigenvalue weighted by atomic mass is 19.2. The molecule has 1 unspecified atom stereocenters. The first-order chi connectivity index (χ1) is 7.01. The molecule has 3 nitrogen and oxygen atoms in total. The molecule has 1 aromatic carbocycles. The summed E-state index contributed by atoms with van der Waals surface area (Å²) >= 11 is 0. The monoisotopic (exact) mass is 213 g/mol. The van der Waals surface area contributed by atoms with Crippen LogP contribution in [0.3, 0.4) is 0 Å². The van der Waals surface area contributed by atoms with Gasteiger partial charge in [-0.2, -0.15) is 0 Å². The van der Waals surface area contributed by atoms with Crippen LogP contribution in [0.15, 0.2) is 18.2 Å². The largest absolute Gasteiger partial charge is 0.447 e. The molecule has 1 aliphatic heterocycles. The van der Waals surface area contributed by atoms with Crippen LogP contribution in [0, 0.1) is 11.6 Å². The Labute approximate surface area is 85.0 Å². The Bertz CT molecular complexity index is 422. The highest BCUT2D eigenvalue weighted by Crippen LogP contribution is 2.26. The van der Waals surface area contributed by atoms with Crippen molar-refractivity contribution >= 4 is 6.09 Å². The molecule has 1 atom stereocenters. The van der Waals surface area contributed by atoms with E-state index < -0.39 is 23.3 Å². The van der Waals surface area contributed by atoms with Crippen molar-refractivity contribution in [2.75, 3.05) is 6.61 Å². The third kappa shape index (κ3) is 1.65. The Hall–Kier alpha value is -1.65. The maximum Gasteiger partial charge on any atom is 0.408 e. The lowest BCUT2D eigenvalue weighted by Gasteiger charge is -2.21. The van der Waals surface area contributed by atoms with E-state index in [9.17, 15) is 13.6 Å². The van der Waals surface area contributed by atoms with Crippen LogP contribution in [0.2, 0.25) is 0 Å². The van der Waals surface area contributed by atoms with Crippen LogP contribution in [0.25, 0.3) is 0 Å². The molecule has 1 amide bonds. The number of nitrogens with one attached hydrogen (secondary N) is 1. The Morgan fingerprint density at radius 2 is 2.13 bits per heavy atom. The number of halogens is 2. The van der Waals surface area contributed by atoms with Crippen molar-refractivity contribution in [2.45, 2.75) is 12.5 Å². The summed E-state index contributed by atoms with van der Waals surface area (Å²) in [5, 5.41) is 2.54. The molecule has 1 aromatic rings. The summed E-state index contributed by atoms with van der Waals surface area (Å²) in [4.78, 5) is 10.9. The molecule has 15 heavy (non-hydrogen) atoms. The van der Waals surface area contributed by atoms with Gasteiger partial charge < -0.3 is 10.1 Å². The van der Waals surface area contributed by atoms with Gasteiger partial charge in [0.25, 0.3) is 0 Å². The molecule has 0 saturated carbocycles. The van der Waals surface area contributed by atoms with E-state index in [1.165, 1.54) is 6.07 Å². The van der Waals surface area contributed by atoms with Crippen molar-refractivity contribution in [3.8, 4) is 0 Å². The van der Waals surface area contributed by atoms with E-state index >= 15 is 0 Å². The smallest absolute Gasteiger partial charge is 0.408 e. The Morgan fingerprint density at radius 1 is 1.40 bits per heavy atom. The molecule has 1 heterocycles. The van der Waals surface area contributed by atoms with E-state index in [2.05, 4.69) is 5.32 Å². The van der Waals surface area contributed by atoms with Gasteiger partial charge in [-0.1, -0.05) is 6.07 Å². The van der Waals surface area contributed by atoms with E-state index in [4.69, 9.17) is 4.74 Å². The Morgan fingerprint density at radius 3 is 2.67 bits per heavy atom. The number of hydrogen-bond donors (Lipinski definition) is 1. The number of rotatable bonds is 1. The molecule has 0 spiro atoms. The van der Waals surface area contributed by atoms with Gasteiger partial charge in [0.15, 0.2) is 11.6 Å². The lowest BCUT2D eigenvalue weighted by molar-refractivity contribution is 0.173. The predicted octanol–water partition coefficient (Wildman–Crippen LogP) is 1.92. The molecule has 0 aromatic heterocycles. The molecule has 80 valence electrons. The van der Waals surface area contributed by atoms with Gasteiger partial charge in [0.1, 0.15) is 6.61 Å². The Balaban J connectivity index is 2.37. The second-order valence-electron chi connectivity index (χ2n) is 3.66. The van der Waals surface area contributed by atoms with E-state index in [1.54, 1.807) is 6.92 Å². The minimum atomic E-state index is -0.935. The number of ether oxygens (including phenoxy) is 1. The summed E-state index contributed by atoms with van der Waals surface area (Å²) in [6.45, 7) is 1.79. The van der Waals surface area contributed by atoms with Crippen molar-refractivity contribution < 1.29 is 18.3 Å². The van der Waals surface area contributed by atoms with Crippen molar-refractivity contribution in [1.82, 2.24) is 5.32 Å². The van der Waals surface area contributed by atoms with Crippen LogP contribution in [0.1, 0.15) is 12.5 Å². The normalized spacial score (nSPS) is 24.9. The third-order valence-electron chi connectivity index (χ3n) is 2.43. The molecule has 0 aliphatic carbocycles. The quantitative estimate of drug-likeness (QED) is 0.773. The molecular weight excluding hydrogens is 204 g/mol. The fourth-order valence-corrected chi connectivity index (χ4v) is 1.50. The summed E-state index contributed by atoms with van der Waals surface area (Å²) in [6, 6.07) is 3.51. The first kappa shape index (κ1) is 9.89. The molecule has 1 aliphatic rings. The maximum atomic E-state index is 13.0. The lowest BCUT2D eigenvalue weighted by atomic mass is 9.94. The number of benzene rings is 1. The van der Waals surface area contributed by atoms with E-state index in [-0.39, 0.29) is 6.61 Å². The van der Waals surface area contributed by atoms with Crippen LogP contribution in [-0.4, -0.2) is 12.7 Å². The molecule has 0 radical (unpaired) electrons. The summed E-state index contributed by atoms with van der Waals surface area (Å²) in [6.07, 6.45) is -0.553. The standard InChI is InChI=1S/C10H9F2NO2/c1-10(5-15-9(14)13-10)6-2-3-7(11)8(12)4-6/h2-4H,5H2,1H3,(H,13,14). The van der Waals surface area contributed by atoms with Gasteiger partial charge in [0.05, 0.1) is 5.54 Å². The van der Waals surface area contributed by atoms with Crippen LogP contribution in [0.4, 0.5) is 13.6 Å². The third-order valence-corrected chi connectivity index (χ3v) is 2.43. The van der Waals surface area contributed by atoms with Crippen LogP contribution in [0.5, 0.6) is 0 Å². The SMILES string of the molecule is CC1(c2ccc(F)c(F)c2)COC(=O)N1. The molecule has 1 saturated heterocycles. The lowest BCUT2D eigenvalue weighted by Crippen LogP contribution is -2.37. The van der Waals surface area contributed by atoms with E-state index in [1.807, 2.05) is 0 Å². The van der Waals surface area contributed by atoms with Crippen LogP contribution < -0.4 is 5.32 Å². The number of carbonyl (C=O) groups excluding carboxylic acids is 1. The highest BCUT2D eigenvalue weighted by molar-refractivity contribution is 5.71. The number of hydrogen-bond acceptors (Lipinski definition) is 2. The van der Waals surface area contributed by atoms with Gasteiger partial charge in [0, 0.05) is 0 Å². The molecule has 5 heteroatoms. The van der Waals surface area contributed by atoms with Crippen molar-refractivity contribution in [1.29, 1.82) is 0 Å². The maximum absolute atomic E-state index is 13.0. The van der Waals surface area contributed by atoms with Crippen molar-refractivity contribution in [3.05, 3.63) is 35.4 Å². The van der Waals surface area contributed by atoms with Crippen LogP contribution >= 0.6 is 0 Å². The zero-order valence-corrected chi connectivity index (χ0v) is 8.01. The predicted molar refractivity (Wildman–Crippen MR) is 48.2 cm³/mol. The molecule has 2 rings (SSSR count). The van der Waals surface area contributed by atoms with Gasteiger partial charge in [-0.15, -0.1) is 0 Å². The second kappa shape index (κ2) is 3.18. The second-order valence-corrected chi connectivity index (χ2v) is 3.66. The number of carbonyl (C=O) groups is 1.